The molecule has 1 atom stereocenters. The van der Waals surface area contributed by atoms with Crippen LogP contribution in [-0.2, 0) is 0 Å². The number of aromatic nitrogens is 2. The summed E-state index contributed by atoms with van der Waals surface area (Å²) in [5.74, 6) is 0.374. The fourth-order valence-electron chi connectivity index (χ4n) is 1.24. The lowest BCUT2D eigenvalue weighted by atomic mass is 10.3. The molecule has 0 aliphatic carbocycles. The lowest BCUT2D eigenvalue weighted by Crippen LogP contribution is -2.04. The minimum absolute atomic E-state index is 0.269. The molecule has 0 spiro atoms. The Morgan fingerprint density at radius 1 is 1.33 bits per heavy atom. The highest BCUT2D eigenvalue weighted by molar-refractivity contribution is 9.11. The minimum atomic E-state index is -0.301. The van der Waals surface area contributed by atoms with Crippen LogP contribution in [0, 0.1) is 0 Å². The van der Waals surface area contributed by atoms with E-state index in [9.17, 15) is 0 Å². The highest BCUT2D eigenvalue weighted by Gasteiger charge is 2.13. The summed E-state index contributed by atoms with van der Waals surface area (Å²) in [4.78, 5) is 0. The van der Waals surface area contributed by atoms with Crippen molar-refractivity contribution >= 4 is 55.2 Å². The summed E-state index contributed by atoms with van der Waals surface area (Å²) in [6, 6.07) is 3.49. The van der Waals surface area contributed by atoms with Crippen molar-refractivity contribution in [3.05, 3.63) is 32.0 Å². The predicted molar refractivity (Wildman–Crippen MR) is 77.0 cm³/mol. The Morgan fingerprint density at radius 3 is 2.44 bits per heavy atom. The van der Waals surface area contributed by atoms with Crippen LogP contribution >= 0.6 is 43.5 Å². The van der Waals surface area contributed by atoms with Gasteiger partial charge in [-0.25, -0.2) is 0 Å². The Hall–Kier alpha value is -0.630. The third-order valence-electron chi connectivity index (χ3n) is 2.07. The van der Waals surface area contributed by atoms with Crippen LogP contribution in [0.15, 0.2) is 25.5 Å². The number of benzene rings is 1. The first kappa shape index (κ1) is 13.8. The van der Waals surface area contributed by atoms with E-state index in [0.29, 0.717) is 10.9 Å². The first-order chi connectivity index (χ1) is 8.47. The number of rotatable bonds is 3. The van der Waals surface area contributed by atoms with E-state index in [4.69, 9.17) is 21.8 Å². The first-order valence-electron chi connectivity index (χ1n) is 4.98. The molecule has 18 heavy (non-hydrogen) atoms. The van der Waals surface area contributed by atoms with Gasteiger partial charge in [-0.05, 0) is 50.9 Å². The van der Waals surface area contributed by atoms with Gasteiger partial charge in [0.25, 0.3) is 0 Å². The monoisotopic (exact) mass is 394 g/mol. The van der Waals surface area contributed by atoms with Gasteiger partial charge in [-0.3, -0.25) is 0 Å². The molecule has 0 amide bonds. The van der Waals surface area contributed by atoms with Gasteiger partial charge in [-0.2, -0.15) is 0 Å². The van der Waals surface area contributed by atoms with E-state index in [1.165, 1.54) is 0 Å². The highest BCUT2D eigenvalue weighted by atomic mass is 79.9. The standard InChI is InChI=1S/C10H9Br2ClN4O/c1-4(14)9-16-17-10(18-9)15-8-6(11)2-5(13)3-7(8)12/h2-4H,14H2,1H3,(H,15,17). The van der Waals surface area contributed by atoms with Crippen molar-refractivity contribution in [1.29, 1.82) is 0 Å². The van der Waals surface area contributed by atoms with E-state index in [2.05, 4.69) is 47.4 Å². The highest BCUT2D eigenvalue weighted by Crippen LogP contribution is 2.35. The summed E-state index contributed by atoms with van der Waals surface area (Å²) in [5.41, 5.74) is 6.39. The summed E-state index contributed by atoms with van der Waals surface area (Å²) in [5, 5.41) is 11.3. The molecule has 2 rings (SSSR count). The van der Waals surface area contributed by atoms with Gasteiger partial charge >= 0.3 is 6.01 Å². The molecule has 0 saturated heterocycles. The second-order valence-corrected chi connectivity index (χ2v) is 5.75. The van der Waals surface area contributed by atoms with E-state index in [1.807, 2.05) is 0 Å². The molecule has 0 fully saturated rings. The number of anilines is 2. The van der Waals surface area contributed by atoms with Crippen molar-refractivity contribution in [1.82, 2.24) is 10.2 Å². The Labute approximate surface area is 125 Å². The molecule has 0 aliphatic heterocycles. The maximum Gasteiger partial charge on any atom is 0.320 e. The third kappa shape index (κ3) is 3.03. The van der Waals surface area contributed by atoms with Gasteiger partial charge in [-0.15, -0.1) is 5.10 Å². The molecule has 3 N–H and O–H groups in total. The normalized spacial score (nSPS) is 12.5. The Balaban J connectivity index is 2.28. The number of halogens is 3. The van der Waals surface area contributed by atoms with E-state index in [1.54, 1.807) is 19.1 Å². The maximum absolute atomic E-state index is 5.92. The van der Waals surface area contributed by atoms with Crippen LogP contribution in [0.2, 0.25) is 5.02 Å². The second kappa shape index (κ2) is 5.56. The summed E-state index contributed by atoms with van der Waals surface area (Å²) >= 11 is 12.7. The van der Waals surface area contributed by atoms with Crippen LogP contribution in [0.5, 0.6) is 0 Å². The van der Waals surface area contributed by atoms with Crippen molar-refractivity contribution < 1.29 is 4.42 Å². The molecule has 2 aromatic rings. The number of hydrogen-bond acceptors (Lipinski definition) is 5. The van der Waals surface area contributed by atoms with Gasteiger partial charge < -0.3 is 15.5 Å². The molecule has 8 heteroatoms. The molecule has 0 bridgehead atoms. The van der Waals surface area contributed by atoms with Crippen LogP contribution < -0.4 is 11.1 Å². The van der Waals surface area contributed by atoms with Crippen molar-refractivity contribution in [2.24, 2.45) is 5.73 Å². The average molecular weight is 396 g/mol. The third-order valence-corrected chi connectivity index (χ3v) is 3.54. The number of nitrogens with one attached hydrogen (secondary N) is 1. The lowest BCUT2D eigenvalue weighted by molar-refractivity contribution is 0.475. The first-order valence-corrected chi connectivity index (χ1v) is 6.94. The molecule has 1 aromatic carbocycles. The van der Waals surface area contributed by atoms with Gasteiger partial charge in [0.15, 0.2) is 0 Å². The number of nitrogens with two attached hydrogens (primary N) is 1. The van der Waals surface area contributed by atoms with Gasteiger partial charge in [0, 0.05) is 14.0 Å². The molecular formula is C10H9Br2ClN4O. The molecule has 1 aromatic heterocycles. The van der Waals surface area contributed by atoms with Gasteiger partial charge in [0.05, 0.1) is 11.7 Å². The second-order valence-electron chi connectivity index (χ2n) is 3.60. The molecule has 1 heterocycles. The van der Waals surface area contributed by atoms with Crippen LogP contribution in [-0.4, -0.2) is 10.2 Å². The summed E-state index contributed by atoms with van der Waals surface area (Å²) in [6.45, 7) is 1.77. The molecule has 0 saturated carbocycles. The zero-order valence-corrected chi connectivity index (χ0v) is 13.2. The fourth-order valence-corrected chi connectivity index (χ4v) is 3.10. The SMILES string of the molecule is CC(N)c1nnc(Nc2c(Br)cc(Cl)cc2Br)o1. The van der Waals surface area contributed by atoms with Crippen molar-refractivity contribution in [3.8, 4) is 0 Å². The quantitative estimate of drug-likeness (QED) is 0.820. The van der Waals surface area contributed by atoms with E-state index < -0.39 is 0 Å². The van der Waals surface area contributed by atoms with E-state index in [0.717, 1.165) is 14.6 Å². The van der Waals surface area contributed by atoms with Crippen molar-refractivity contribution in [3.63, 3.8) is 0 Å². The van der Waals surface area contributed by atoms with Gasteiger partial charge in [-0.1, -0.05) is 16.7 Å². The summed E-state index contributed by atoms with van der Waals surface area (Å²) < 4.78 is 6.92. The van der Waals surface area contributed by atoms with Gasteiger partial charge in [0.1, 0.15) is 0 Å². The van der Waals surface area contributed by atoms with E-state index in [-0.39, 0.29) is 12.1 Å². The zero-order valence-electron chi connectivity index (χ0n) is 9.25. The summed E-state index contributed by atoms with van der Waals surface area (Å²) in [7, 11) is 0. The van der Waals surface area contributed by atoms with Crippen LogP contribution in [0.25, 0.3) is 0 Å². The van der Waals surface area contributed by atoms with Gasteiger partial charge in [0.2, 0.25) is 5.89 Å². The Kier molecular flexibility index (Phi) is 4.26. The van der Waals surface area contributed by atoms with Crippen LogP contribution in [0.4, 0.5) is 11.7 Å². The number of nitrogens with zero attached hydrogens (tertiary/aromatic N) is 2. The molecule has 0 aliphatic rings. The molecule has 5 nitrogen and oxygen atoms in total. The van der Waals surface area contributed by atoms with Crippen molar-refractivity contribution in [2.75, 3.05) is 5.32 Å². The average Bonchev–Trinajstić information content (AvgIpc) is 2.71. The van der Waals surface area contributed by atoms with E-state index >= 15 is 0 Å². The molecule has 1 unspecified atom stereocenters. The Morgan fingerprint density at radius 2 is 1.94 bits per heavy atom. The zero-order chi connectivity index (χ0) is 13.3. The molecule has 0 radical (unpaired) electrons. The Bertz CT molecular complexity index is 550. The van der Waals surface area contributed by atoms with Crippen molar-refractivity contribution in [2.45, 2.75) is 13.0 Å². The largest absolute Gasteiger partial charge is 0.406 e. The van der Waals surface area contributed by atoms with Crippen LogP contribution in [0.3, 0.4) is 0 Å². The molecular weight excluding hydrogens is 387 g/mol. The topological polar surface area (TPSA) is 77.0 Å². The fraction of sp³-hybridized carbons (Fsp3) is 0.200. The van der Waals surface area contributed by atoms with Crippen LogP contribution in [0.1, 0.15) is 18.9 Å². The predicted octanol–water partition coefficient (Wildman–Crippen LogP) is 4.01. The summed E-state index contributed by atoms with van der Waals surface area (Å²) in [6.07, 6.45) is 0. The minimum Gasteiger partial charge on any atom is -0.406 e. The number of hydrogen-bond donors (Lipinski definition) is 2. The lowest BCUT2D eigenvalue weighted by Gasteiger charge is -2.07. The smallest absolute Gasteiger partial charge is 0.320 e. The maximum atomic E-state index is 5.92. The molecule has 96 valence electrons.